The van der Waals surface area contributed by atoms with E-state index in [2.05, 4.69) is 32.5 Å². The van der Waals surface area contributed by atoms with Crippen LogP contribution in [-0.2, 0) is 13.1 Å². The highest BCUT2D eigenvalue weighted by atomic mass is 35.5. The first kappa shape index (κ1) is 15.6. The van der Waals surface area contributed by atoms with E-state index in [1.54, 1.807) is 12.5 Å². The minimum absolute atomic E-state index is 0.668. The minimum atomic E-state index is 0.668. The van der Waals surface area contributed by atoms with Gasteiger partial charge in [0.2, 0.25) is 0 Å². The van der Waals surface area contributed by atoms with Gasteiger partial charge < -0.3 is 5.32 Å². The van der Waals surface area contributed by atoms with Gasteiger partial charge >= 0.3 is 0 Å². The van der Waals surface area contributed by atoms with E-state index in [-0.39, 0.29) is 0 Å². The molecule has 2 heterocycles. The van der Waals surface area contributed by atoms with Crippen LogP contribution in [-0.4, -0.2) is 19.7 Å². The summed E-state index contributed by atoms with van der Waals surface area (Å²) in [5, 5.41) is 9.33. The first-order valence-electron chi connectivity index (χ1n) is 7.98. The SMILES string of the molecule is Clc1ccc2c(NCc3ccccc3Cn3cccn3)ncnc2c1. The average Bonchev–Trinajstić information content (AvgIpc) is 3.14. The Morgan fingerprint density at radius 2 is 1.88 bits per heavy atom. The van der Waals surface area contributed by atoms with Crippen molar-refractivity contribution < 1.29 is 0 Å². The summed E-state index contributed by atoms with van der Waals surface area (Å²) in [4.78, 5) is 8.65. The maximum absolute atomic E-state index is 6.04. The van der Waals surface area contributed by atoms with Gasteiger partial charge in [0, 0.05) is 29.3 Å². The number of nitrogens with one attached hydrogen (secondary N) is 1. The van der Waals surface area contributed by atoms with Crippen molar-refractivity contribution in [2.24, 2.45) is 0 Å². The molecule has 4 rings (SSSR count). The molecule has 6 heteroatoms. The van der Waals surface area contributed by atoms with Crippen LogP contribution in [0.15, 0.2) is 67.3 Å². The number of halogens is 1. The van der Waals surface area contributed by atoms with Crippen LogP contribution < -0.4 is 5.32 Å². The number of anilines is 1. The Hall–Kier alpha value is -2.92. The zero-order chi connectivity index (χ0) is 17.1. The molecule has 0 saturated heterocycles. The lowest BCUT2D eigenvalue weighted by Crippen LogP contribution is -2.08. The third kappa shape index (κ3) is 3.46. The molecule has 1 N–H and O–H groups in total. The molecule has 5 nitrogen and oxygen atoms in total. The third-order valence-electron chi connectivity index (χ3n) is 4.05. The van der Waals surface area contributed by atoms with Crippen LogP contribution >= 0.6 is 11.6 Å². The normalized spacial score (nSPS) is 10.9. The molecule has 25 heavy (non-hydrogen) atoms. The number of aromatic nitrogens is 4. The molecule has 0 saturated carbocycles. The van der Waals surface area contributed by atoms with Gasteiger partial charge in [-0.15, -0.1) is 0 Å². The molecule has 0 aliphatic heterocycles. The van der Waals surface area contributed by atoms with Gasteiger partial charge in [-0.2, -0.15) is 5.10 Å². The number of hydrogen-bond acceptors (Lipinski definition) is 4. The fraction of sp³-hybridized carbons (Fsp3) is 0.105. The lowest BCUT2D eigenvalue weighted by Gasteiger charge is -2.12. The van der Waals surface area contributed by atoms with E-state index < -0.39 is 0 Å². The van der Waals surface area contributed by atoms with E-state index in [0.717, 1.165) is 23.3 Å². The van der Waals surface area contributed by atoms with Crippen molar-refractivity contribution in [1.82, 2.24) is 19.7 Å². The van der Waals surface area contributed by atoms with Crippen molar-refractivity contribution in [3.05, 3.63) is 83.4 Å². The lowest BCUT2D eigenvalue weighted by atomic mass is 10.1. The largest absolute Gasteiger partial charge is 0.365 e. The van der Waals surface area contributed by atoms with Crippen molar-refractivity contribution in [3.63, 3.8) is 0 Å². The van der Waals surface area contributed by atoms with Gasteiger partial charge in [0.05, 0.1) is 12.1 Å². The fourth-order valence-electron chi connectivity index (χ4n) is 2.80. The maximum atomic E-state index is 6.04. The summed E-state index contributed by atoms with van der Waals surface area (Å²) < 4.78 is 1.92. The molecule has 2 aromatic carbocycles. The minimum Gasteiger partial charge on any atom is -0.365 e. The summed E-state index contributed by atoms with van der Waals surface area (Å²) in [7, 11) is 0. The highest BCUT2D eigenvalue weighted by Gasteiger charge is 2.07. The topological polar surface area (TPSA) is 55.6 Å². The van der Waals surface area contributed by atoms with E-state index in [9.17, 15) is 0 Å². The highest BCUT2D eigenvalue weighted by molar-refractivity contribution is 6.31. The molecular weight excluding hydrogens is 334 g/mol. The van der Waals surface area contributed by atoms with Crippen molar-refractivity contribution >= 4 is 28.3 Å². The van der Waals surface area contributed by atoms with Crippen LogP contribution in [0.1, 0.15) is 11.1 Å². The second-order valence-corrected chi connectivity index (χ2v) is 6.15. The van der Waals surface area contributed by atoms with Crippen molar-refractivity contribution in [3.8, 4) is 0 Å². The lowest BCUT2D eigenvalue weighted by molar-refractivity contribution is 0.682. The molecule has 0 aliphatic rings. The van der Waals surface area contributed by atoms with E-state index >= 15 is 0 Å². The van der Waals surface area contributed by atoms with Crippen LogP contribution in [0.5, 0.6) is 0 Å². The predicted molar refractivity (Wildman–Crippen MR) is 99.6 cm³/mol. The summed E-state index contributed by atoms with van der Waals surface area (Å²) >= 11 is 6.04. The molecule has 0 fully saturated rings. The summed E-state index contributed by atoms with van der Waals surface area (Å²) in [6.07, 6.45) is 5.31. The Morgan fingerprint density at radius 1 is 1.00 bits per heavy atom. The zero-order valence-electron chi connectivity index (χ0n) is 13.4. The average molecular weight is 350 g/mol. The molecule has 0 amide bonds. The summed E-state index contributed by atoms with van der Waals surface area (Å²) in [6.45, 7) is 1.41. The molecule has 124 valence electrons. The van der Waals surface area contributed by atoms with Crippen LogP contribution in [0.25, 0.3) is 10.9 Å². The number of nitrogens with zero attached hydrogens (tertiary/aromatic N) is 4. The number of fused-ring (bicyclic) bond motifs is 1. The van der Waals surface area contributed by atoms with Crippen LogP contribution in [0.4, 0.5) is 5.82 Å². The van der Waals surface area contributed by atoms with E-state index in [1.165, 1.54) is 11.1 Å². The standard InChI is InChI=1S/C19H16ClN5/c20-16-6-7-17-18(10-16)22-13-23-19(17)21-11-14-4-1-2-5-15(14)12-25-9-3-8-24-25/h1-10,13H,11-12H2,(H,21,22,23). The molecule has 0 atom stereocenters. The smallest absolute Gasteiger partial charge is 0.137 e. The van der Waals surface area contributed by atoms with Gasteiger partial charge in [-0.25, -0.2) is 9.97 Å². The summed E-state index contributed by atoms with van der Waals surface area (Å²) in [5.74, 6) is 0.801. The molecule has 0 unspecified atom stereocenters. The number of benzene rings is 2. The van der Waals surface area contributed by atoms with Gasteiger partial charge in [-0.05, 0) is 35.4 Å². The van der Waals surface area contributed by atoms with Crippen molar-refractivity contribution in [2.75, 3.05) is 5.32 Å². The first-order chi connectivity index (χ1) is 12.3. The van der Waals surface area contributed by atoms with E-state index in [1.807, 2.05) is 47.3 Å². The van der Waals surface area contributed by atoms with Crippen LogP contribution in [0.2, 0.25) is 5.02 Å². The van der Waals surface area contributed by atoms with Gasteiger partial charge in [-0.1, -0.05) is 35.9 Å². The van der Waals surface area contributed by atoms with Crippen molar-refractivity contribution in [2.45, 2.75) is 13.1 Å². The highest BCUT2D eigenvalue weighted by Crippen LogP contribution is 2.23. The second kappa shape index (κ2) is 6.91. The van der Waals surface area contributed by atoms with E-state index in [4.69, 9.17) is 11.6 Å². The zero-order valence-corrected chi connectivity index (χ0v) is 14.2. The Labute approximate surface area is 150 Å². The Kier molecular flexibility index (Phi) is 4.31. The Balaban J connectivity index is 1.58. The second-order valence-electron chi connectivity index (χ2n) is 5.71. The molecular formula is C19H16ClN5. The van der Waals surface area contributed by atoms with Gasteiger partial charge in [-0.3, -0.25) is 4.68 Å². The molecule has 2 aromatic heterocycles. The molecule has 0 spiro atoms. The van der Waals surface area contributed by atoms with Gasteiger partial charge in [0.25, 0.3) is 0 Å². The van der Waals surface area contributed by atoms with Gasteiger partial charge in [0.1, 0.15) is 12.1 Å². The summed E-state index contributed by atoms with van der Waals surface area (Å²) in [6, 6.07) is 15.9. The van der Waals surface area contributed by atoms with Crippen LogP contribution in [0, 0.1) is 0 Å². The molecule has 4 aromatic rings. The monoisotopic (exact) mass is 349 g/mol. The quantitative estimate of drug-likeness (QED) is 0.588. The Bertz CT molecular complexity index is 998. The number of rotatable bonds is 5. The maximum Gasteiger partial charge on any atom is 0.137 e. The van der Waals surface area contributed by atoms with Gasteiger partial charge in [0.15, 0.2) is 0 Å². The van der Waals surface area contributed by atoms with E-state index in [0.29, 0.717) is 11.6 Å². The third-order valence-corrected chi connectivity index (χ3v) is 4.29. The van der Waals surface area contributed by atoms with Crippen LogP contribution in [0.3, 0.4) is 0 Å². The van der Waals surface area contributed by atoms with Crippen molar-refractivity contribution in [1.29, 1.82) is 0 Å². The summed E-state index contributed by atoms with van der Waals surface area (Å²) in [5.41, 5.74) is 3.26. The molecule has 0 radical (unpaired) electrons. The number of hydrogen-bond donors (Lipinski definition) is 1. The fourth-order valence-corrected chi connectivity index (χ4v) is 2.97. The molecule has 0 aliphatic carbocycles. The Morgan fingerprint density at radius 3 is 2.72 bits per heavy atom. The molecule has 0 bridgehead atoms. The first-order valence-corrected chi connectivity index (χ1v) is 8.36. The predicted octanol–water partition coefficient (Wildman–Crippen LogP) is 4.14.